The first kappa shape index (κ1) is 20.2. The zero-order valence-electron chi connectivity index (χ0n) is 18.8. The van der Waals surface area contributed by atoms with Gasteiger partial charge in [-0.3, -0.25) is 10.1 Å². The number of hydrogen-bond donors (Lipinski definition) is 2. The number of halogens is 1. The second kappa shape index (κ2) is 7.55. The molecule has 0 aliphatic heterocycles. The molecule has 0 bridgehead atoms. The Morgan fingerprint density at radius 2 is 1.82 bits per heavy atom. The number of methoxy groups -OCH3 is 1. The van der Waals surface area contributed by atoms with Crippen LogP contribution in [0.5, 0.6) is 5.75 Å². The van der Waals surface area contributed by atoms with Crippen molar-refractivity contribution in [1.29, 1.82) is 0 Å². The van der Waals surface area contributed by atoms with Crippen molar-refractivity contribution in [2.75, 3.05) is 7.11 Å². The first-order valence-corrected chi connectivity index (χ1v) is 10.8. The molecule has 34 heavy (non-hydrogen) atoms. The minimum absolute atomic E-state index is 0.363. The van der Waals surface area contributed by atoms with E-state index in [2.05, 4.69) is 41.8 Å². The zero-order chi connectivity index (χ0) is 23.4. The average Bonchev–Trinajstić information content (AvgIpc) is 3.54. The summed E-state index contributed by atoms with van der Waals surface area (Å²) in [6.07, 6.45) is 5.38. The SMILES string of the molecule is COc1cc(F)cc(-c2cncc3[nH]c(-c4n[nH]c5ccc(-c6cnc(C)n6C)cc45)cc23)c1. The van der Waals surface area contributed by atoms with Crippen molar-refractivity contribution < 1.29 is 9.13 Å². The molecule has 4 heterocycles. The Hall–Kier alpha value is -4.46. The molecule has 7 nitrogen and oxygen atoms in total. The number of H-pyrrole nitrogens is 2. The van der Waals surface area contributed by atoms with Crippen molar-refractivity contribution in [3.63, 3.8) is 0 Å². The summed E-state index contributed by atoms with van der Waals surface area (Å²) in [6.45, 7) is 1.98. The van der Waals surface area contributed by atoms with Gasteiger partial charge in [-0.05, 0) is 42.8 Å². The molecule has 0 amide bonds. The molecule has 168 valence electrons. The van der Waals surface area contributed by atoms with Gasteiger partial charge in [0, 0.05) is 41.2 Å². The maximum atomic E-state index is 14.2. The van der Waals surface area contributed by atoms with Crippen LogP contribution in [0.1, 0.15) is 5.82 Å². The van der Waals surface area contributed by atoms with E-state index in [1.807, 2.05) is 32.3 Å². The second-order valence-corrected chi connectivity index (χ2v) is 8.29. The van der Waals surface area contributed by atoms with Gasteiger partial charge in [0.05, 0.1) is 41.9 Å². The van der Waals surface area contributed by atoms with Crippen LogP contribution in [0, 0.1) is 12.7 Å². The van der Waals surface area contributed by atoms with Gasteiger partial charge in [-0.1, -0.05) is 6.07 Å². The molecule has 6 aromatic rings. The Balaban J connectivity index is 1.50. The van der Waals surface area contributed by atoms with Gasteiger partial charge >= 0.3 is 0 Å². The van der Waals surface area contributed by atoms with Crippen LogP contribution in [0.15, 0.2) is 61.1 Å². The Kier molecular flexibility index (Phi) is 4.48. The van der Waals surface area contributed by atoms with Crippen LogP contribution in [0.2, 0.25) is 0 Å². The van der Waals surface area contributed by atoms with Gasteiger partial charge in [-0.2, -0.15) is 5.10 Å². The summed E-state index contributed by atoms with van der Waals surface area (Å²) in [7, 11) is 3.53. The van der Waals surface area contributed by atoms with Crippen molar-refractivity contribution in [2.24, 2.45) is 7.05 Å². The number of rotatable bonds is 4. The summed E-state index contributed by atoms with van der Waals surface area (Å²) >= 11 is 0. The fourth-order valence-corrected chi connectivity index (χ4v) is 4.39. The molecule has 0 atom stereocenters. The molecule has 0 radical (unpaired) electrons. The third-order valence-electron chi connectivity index (χ3n) is 6.30. The molecule has 2 N–H and O–H groups in total. The van der Waals surface area contributed by atoms with Crippen LogP contribution in [0.4, 0.5) is 4.39 Å². The lowest BCUT2D eigenvalue weighted by molar-refractivity contribution is 0.411. The Morgan fingerprint density at radius 3 is 2.62 bits per heavy atom. The summed E-state index contributed by atoms with van der Waals surface area (Å²) in [5.74, 6) is 1.05. The molecule has 4 aromatic heterocycles. The molecule has 0 aliphatic carbocycles. The van der Waals surface area contributed by atoms with Crippen LogP contribution in [-0.2, 0) is 7.05 Å². The highest BCUT2D eigenvalue weighted by molar-refractivity contribution is 6.01. The molecule has 0 unspecified atom stereocenters. The summed E-state index contributed by atoms with van der Waals surface area (Å²) in [6, 6.07) is 12.9. The first-order valence-electron chi connectivity index (χ1n) is 10.8. The predicted octanol–water partition coefficient (Wildman–Crippen LogP) is 5.63. The maximum absolute atomic E-state index is 14.2. The molecular weight excluding hydrogens is 431 g/mol. The molecule has 0 aliphatic rings. The van der Waals surface area contributed by atoms with E-state index in [1.54, 1.807) is 18.5 Å². The lowest BCUT2D eigenvalue weighted by atomic mass is 10.0. The van der Waals surface area contributed by atoms with Gasteiger partial charge in [-0.15, -0.1) is 0 Å². The van der Waals surface area contributed by atoms with E-state index >= 15 is 0 Å². The number of nitrogens with one attached hydrogen (secondary N) is 2. The monoisotopic (exact) mass is 452 g/mol. The number of aromatic amines is 2. The van der Waals surface area contributed by atoms with Gasteiger partial charge in [-0.25, -0.2) is 9.37 Å². The lowest BCUT2D eigenvalue weighted by Crippen LogP contribution is -1.94. The van der Waals surface area contributed by atoms with Crippen LogP contribution < -0.4 is 4.74 Å². The van der Waals surface area contributed by atoms with E-state index in [0.29, 0.717) is 11.3 Å². The highest BCUT2D eigenvalue weighted by atomic mass is 19.1. The summed E-state index contributed by atoms with van der Waals surface area (Å²) in [4.78, 5) is 12.2. The highest BCUT2D eigenvalue weighted by Crippen LogP contribution is 2.36. The van der Waals surface area contributed by atoms with Gasteiger partial charge in [0.25, 0.3) is 0 Å². The lowest BCUT2D eigenvalue weighted by Gasteiger charge is -2.06. The van der Waals surface area contributed by atoms with Crippen molar-refractivity contribution >= 4 is 21.8 Å². The number of fused-ring (bicyclic) bond motifs is 2. The number of imidazole rings is 1. The number of hydrogen-bond acceptors (Lipinski definition) is 4. The topological polar surface area (TPSA) is 84.4 Å². The minimum Gasteiger partial charge on any atom is -0.497 e. The van der Waals surface area contributed by atoms with Gasteiger partial charge in [0.15, 0.2) is 0 Å². The van der Waals surface area contributed by atoms with Crippen LogP contribution in [-0.4, -0.2) is 36.8 Å². The normalized spacial score (nSPS) is 11.5. The van der Waals surface area contributed by atoms with Crippen molar-refractivity contribution in [3.05, 3.63) is 72.7 Å². The van der Waals surface area contributed by atoms with E-state index in [-0.39, 0.29) is 5.82 Å². The van der Waals surface area contributed by atoms with E-state index in [0.717, 1.165) is 55.8 Å². The van der Waals surface area contributed by atoms with Gasteiger partial charge in [0.2, 0.25) is 0 Å². The van der Waals surface area contributed by atoms with Crippen LogP contribution in [0.3, 0.4) is 0 Å². The summed E-state index contributed by atoms with van der Waals surface area (Å²) < 4.78 is 21.5. The fraction of sp³-hybridized carbons (Fsp3) is 0.115. The minimum atomic E-state index is -0.363. The maximum Gasteiger partial charge on any atom is 0.127 e. The van der Waals surface area contributed by atoms with E-state index in [4.69, 9.17) is 4.74 Å². The number of aryl methyl sites for hydroxylation is 1. The summed E-state index contributed by atoms with van der Waals surface area (Å²) in [5.41, 5.74) is 7.02. The van der Waals surface area contributed by atoms with Crippen molar-refractivity contribution in [2.45, 2.75) is 6.92 Å². The van der Waals surface area contributed by atoms with Gasteiger partial charge < -0.3 is 14.3 Å². The molecular formula is C26H21FN6O. The second-order valence-electron chi connectivity index (χ2n) is 8.29. The van der Waals surface area contributed by atoms with Crippen LogP contribution in [0.25, 0.3) is 55.6 Å². The molecule has 8 heteroatoms. The number of aromatic nitrogens is 6. The highest BCUT2D eigenvalue weighted by Gasteiger charge is 2.16. The smallest absolute Gasteiger partial charge is 0.127 e. The van der Waals surface area contributed by atoms with Crippen molar-refractivity contribution in [1.82, 2.24) is 29.7 Å². The molecule has 6 rings (SSSR count). The van der Waals surface area contributed by atoms with E-state index in [9.17, 15) is 4.39 Å². The molecule has 0 saturated carbocycles. The Morgan fingerprint density at radius 1 is 0.941 bits per heavy atom. The molecule has 2 aromatic carbocycles. The first-order chi connectivity index (χ1) is 16.5. The van der Waals surface area contributed by atoms with Crippen molar-refractivity contribution in [3.8, 4) is 39.5 Å². The molecule has 0 spiro atoms. The summed E-state index contributed by atoms with van der Waals surface area (Å²) in [5, 5.41) is 9.63. The largest absolute Gasteiger partial charge is 0.497 e. The Bertz CT molecular complexity index is 1690. The average molecular weight is 452 g/mol. The van der Waals surface area contributed by atoms with E-state index < -0.39 is 0 Å². The fourth-order valence-electron chi connectivity index (χ4n) is 4.39. The standard InChI is InChI=1S/C26H21FN6O/c1-14-29-13-25(33(14)2)15-4-5-22-20(8-15)26(32-31-22)23-10-19-21(11-28-12-24(19)30-23)16-6-17(27)9-18(7-16)34-3/h4-13,30H,1-3H3,(H,31,32). The Labute approximate surface area is 194 Å². The number of nitrogens with zero attached hydrogens (tertiary/aromatic N) is 4. The zero-order valence-corrected chi connectivity index (χ0v) is 18.8. The van der Waals surface area contributed by atoms with Crippen LogP contribution >= 0.6 is 0 Å². The number of ether oxygens (including phenoxy) is 1. The third-order valence-corrected chi connectivity index (χ3v) is 6.30. The quantitative estimate of drug-likeness (QED) is 0.363. The third kappa shape index (κ3) is 3.14. The van der Waals surface area contributed by atoms with E-state index in [1.165, 1.54) is 19.2 Å². The molecule has 0 saturated heterocycles. The predicted molar refractivity (Wildman–Crippen MR) is 130 cm³/mol. The number of pyridine rings is 1. The molecule has 0 fully saturated rings. The van der Waals surface area contributed by atoms with Gasteiger partial charge in [0.1, 0.15) is 23.1 Å². The number of benzene rings is 2.